The molecule has 0 aromatic carbocycles. The Morgan fingerprint density at radius 2 is 2.40 bits per heavy atom. The minimum absolute atomic E-state index is 0.198. The fourth-order valence-corrected chi connectivity index (χ4v) is 1.08. The highest BCUT2D eigenvalue weighted by molar-refractivity contribution is 6.13. The highest BCUT2D eigenvalue weighted by Crippen LogP contribution is 2.22. The van der Waals surface area contributed by atoms with Crippen LogP contribution in [0.5, 0.6) is 0 Å². The Balaban J connectivity index is 2.59. The van der Waals surface area contributed by atoms with E-state index in [4.69, 9.17) is 7.85 Å². The molecule has 1 unspecified atom stereocenters. The van der Waals surface area contributed by atoms with Crippen LogP contribution in [0.2, 0.25) is 5.82 Å². The van der Waals surface area contributed by atoms with Crippen molar-refractivity contribution >= 4 is 7.85 Å². The molecule has 0 heterocycles. The molecule has 0 saturated heterocycles. The zero-order chi connectivity index (χ0) is 7.56. The predicted molar refractivity (Wildman–Crippen MR) is 46.2 cm³/mol. The zero-order valence-electron chi connectivity index (χ0n) is 6.67. The molecule has 0 fully saturated rings. The quantitative estimate of drug-likeness (QED) is 0.480. The minimum Gasteiger partial charge on any atom is -0.0812 e. The van der Waals surface area contributed by atoms with Crippen LogP contribution in [0.1, 0.15) is 20.3 Å². The van der Waals surface area contributed by atoms with Crippen molar-refractivity contribution in [2.75, 3.05) is 0 Å². The molecule has 1 rings (SSSR count). The normalized spacial score (nSPS) is 27.8. The lowest BCUT2D eigenvalue weighted by Crippen LogP contribution is -1.97. The molecular formula is C9H13B. The third-order valence-corrected chi connectivity index (χ3v) is 1.87. The van der Waals surface area contributed by atoms with E-state index >= 15 is 0 Å². The average molecular weight is 132 g/mol. The molecule has 2 atom stereocenters. The summed E-state index contributed by atoms with van der Waals surface area (Å²) in [7, 11) is 5.69. The van der Waals surface area contributed by atoms with Gasteiger partial charge in [-0.2, -0.15) is 0 Å². The summed E-state index contributed by atoms with van der Waals surface area (Å²) < 4.78 is 0. The largest absolute Gasteiger partial charge is 0.0812 e. The predicted octanol–water partition coefficient (Wildman–Crippen LogP) is 2.49. The number of hydrogen-bond donors (Lipinski definition) is 0. The molecule has 52 valence electrons. The van der Waals surface area contributed by atoms with Gasteiger partial charge in [-0.25, -0.2) is 0 Å². The lowest BCUT2D eigenvalue weighted by molar-refractivity contribution is 0.727. The van der Waals surface area contributed by atoms with Crippen molar-refractivity contribution in [2.45, 2.75) is 26.1 Å². The van der Waals surface area contributed by atoms with Crippen LogP contribution < -0.4 is 0 Å². The van der Waals surface area contributed by atoms with E-state index in [1.807, 2.05) is 6.92 Å². The van der Waals surface area contributed by atoms with Gasteiger partial charge in [-0.1, -0.05) is 43.5 Å². The summed E-state index contributed by atoms with van der Waals surface area (Å²) in [4.78, 5) is 0. The first-order valence-corrected chi connectivity index (χ1v) is 3.84. The van der Waals surface area contributed by atoms with Crippen molar-refractivity contribution in [3.8, 4) is 0 Å². The number of rotatable bonds is 1. The Morgan fingerprint density at radius 3 is 2.80 bits per heavy atom. The summed E-state index contributed by atoms with van der Waals surface area (Å²) >= 11 is 0. The maximum atomic E-state index is 5.69. The van der Waals surface area contributed by atoms with Crippen LogP contribution >= 0.6 is 0 Å². The first kappa shape index (κ1) is 7.65. The number of hydrogen-bond acceptors (Lipinski definition) is 0. The fourth-order valence-electron chi connectivity index (χ4n) is 1.08. The standard InChI is InChI=1S/C9H13B/c1-7-3-5-9(6-4-7)8(2)10/h3,5-8H,4H2,1-2H3/t7?,8-/m0/s1. The first-order chi connectivity index (χ1) is 4.70. The second kappa shape index (κ2) is 3.09. The van der Waals surface area contributed by atoms with E-state index in [1.54, 1.807) is 0 Å². The average Bonchev–Trinajstić information content (AvgIpc) is 1.88. The molecule has 0 N–H and O–H groups in total. The van der Waals surface area contributed by atoms with E-state index < -0.39 is 0 Å². The Bertz CT molecular complexity index is 166. The Morgan fingerprint density at radius 1 is 1.70 bits per heavy atom. The lowest BCUT2D eigenvalue weighted by atomic mass is 9.79. The molecule has 1 aliphatic carbocycles. The molecule has 0 saturated carbocycles. The topological polar surface area (TPSA) is 0 Å². The van der Waals surface area contributed by atoms with E-state index in [9.17, 15) is 0 Å². The Kier molecular flexibility index (Phi) is 2.36. The van der Waals surface area contributed by atoms with Crippen molar-refractivity contribution in [2.24, 2.45) is 5.92 Å². The summed E-state index contributed by atoms with van der Waals surface area (Å²) in [6.45, 7) is 4.23. The molecule has 2 radical (unpaired) electrons. The van der Waals surface area contributed by atoms with Gasteiger partial charge in [0.25, 0.3) is 0 Å². The second-order valence-corrected chi connectivity index (χ2v) is 3.06. The summed E-state index contributed by atoms with van der Waals surface area (Å²) in [5, 5.41) is 0. The fraction of sp³-hybridized carbons (Fsp3) is 0.556. The van der Waals surface area contributed by atoms with Gasteiger partial charge in [-0.3, -0.25) is 0 Å². The van der Waals surface area contributed by atoms with Crippen molar-refractivity contribution in [1.29, 1.82) is 0 Å². The van der Waals surface area contributed by atoms with E-state index in [-0.39, 0.29) is 5.82 Å². The maximum Gasteiger partial charge on any atom is 0.0759 e. The molecule has 0 amide bonds. The molecule has 10 heavy (non-hydrogen) atoms. The molecule has 0 aromatic heterocycles. The Hall–Kier alpha value is -0.455. The van der Waals surface area contributed by atoms with Crippen molar-refractivity contribution < 1.29 is 0 Å². The smallest absolute Gasteiger partial charge is 0.0759 e. The van der Waals surface area contributed by atoms with Gasteiger partial charge in [0.05, 0.1) is 7.85 Å². The molecule has 1 heteroatoms. The summed E-state index contributed by atoms with van der Waals surface area (Å²) in [6, 6.07) is 0. The van der Waals surface area contributed by atoms with Crippen molar-refractivity contribution in [1.82, 2.24) is 0 Å². The van der Waals surface area contributed by atoms with Crippen LogP contribution in [0.15, 0.2) is 23.8 Å². The van der Waals surface area contributed by atoms with Crippen molar-refractivity contribution in [3.63, 3.8) is 0 Å². The molecule has 0 aromatic rings. The van der Waals surface area contributed by atoms with Crippen molar-refractivity contribution in [3.05, 3.63) is 23.8 Å². The highest BCUT2D eigenvalue weighted by atomic mass is 14.1. The van der Waals surface area contributed by atoms with Crippen LogP contribution in [0.3, 0.4) is 0 Å². The third kappa shape index (κ3) is 1.76. The van der Waals surface area contributed by atoms with Gasteiger partial charge < -0.3 is 0 Å². The van der Waals surface area contributed by atoms with Crippen LogP contribution in [0, 0.1) is 5.92 Å². The van der Waals surface area contributed by atoms with Crippen LogP contribution in [-0.4, -0.2) is 7.85 Å². The van der Waals surface area contributed by atoms with Crippen LogP contribution in [0.25, 0.3) is 0 Å². The van der Waals surface area contributed by atoms with Gasteiger partial charge in [0.15, 0.2) is 0 Å². The SMILES string of the molecule is [B][C@@H](C)C1=CCC(C)C=C1. The van der Waals surface area contributed by atoms with Crippen LogP contribution in [0.4, 0.5) is 0 Å². The molecular weight excluding hydrogens is 119 g/mol. The highest BCUT2D eigenvalue weighted by Gasteiger charge is 2.04. The zero-order valence-corrected chi connectivity index (χ0v) is 6.67. The summed E-state index contributed by atoms with van der Waals surface area (Å²) in [5.74, 6) is 0.895. The van der Waals surface area contributed by atoms with E-state index in [1.165, 1.54) is 5.57 Å². The van der Waals surface area contributed by atoms with Crippen LogP contribution in [-0.2, 0) is 0 Å². The van der Waals surface area contributed by atoms with E-state index in [0.29, 0.717) is 5.92 Å². The molecule has 0 bridgehead atoms. The van der Waals surface area contributed by atoms with Gasteiger partial charge in [0, 0.05) is 0 Å². The van der Waals surface area contributed by atoms with Gasteiger partial charge in [-0.15, -0.1) is 0 Å². The lowest BCUT2D eigenvalue weighted by Gasteiger charge is -2.14. The molecule has 0 nitrogen and oxygen atoms in total. The van der Waals surface area contributed by atoms with Gasteiger partial charge in [0.1, 0.15) is 0 Å². The second-order valence-electron chi connectivity index (χ2n) is 3.06. The molecule has 0 aliphatic heterocycles. The maximum absolute atomic E-state index is 5.69. The third-order valence-electron chi connectivity index (χ3n) is 1.87. The Labute approximate surface area is 64.4 Å². The summed E-state index contributed by atoms with van der Waals surface area (Å²) in [6.07, 6.45) is 7.74. The molecule has 1 aliphatic rings. The van der Waals surface area contributed by atoms with Gasteiger partial charge in [-0.05, 0) is 12.3 Å². The van der Waals surface area contributed by atoms with E-state index in [0.717, 1.165) is 6.42 Å². The number of allylic oxidation sites excluding steroid dienone is 4. The molecule has 0 spiro atoms. The van der Waals surface area contributed by atoms with Gasteiger partial charge in [0.2, 0.25) is 0 Å². The first-order valence-electron chi connectivity index (χ1n) is 3.84. The van der Waals surface area contributed by atoms with E-state index in [2.05, 4.69) is 25.2 Å². The van der Waals surface area contributed by atoms with Gasteiger partial charge >= 0.3 is 0 Å². The summed E-state index contributed by atoms with van der Waals surface area (Å²) in [5.41, 5.74) is 1.28. The monoisotopic (exact) mass is 132 g/mol. The minimum atomic E-state index is 0.198.